The number of carbonyl (C=O) groups is 1. The Hall–Kier alpha value is -2.30. The zero-order valence-corrected chi connectivity index (χ0v) is 10.9. The molecule has 0 spiro atoms. The average Bonchev–Trinajstić information content (AvgIpc) is 2.89. The standard InChI is InChI=1S/C14H16N2O3/c1-3-11(14(17)18)13-15-8-12(16-13)9-5-4-6-10(7-9)19-2/h4-8,11H,3H2,1-2H3,(H,15,16)(H,17,18). The van der Waals surface area contributed by atoms with Crippen LogP contribution in [0.3, 0.4) is 0 Å². The van der Waals surface area contributed by atoms with Crippen LogP contribution in [-0.4, -0.2) is 28.2 Å². The van der Waals surface area contributed by atoms with Gasteiger partial charge in [0.25, 0.3) is 0 Å². The summed E-state index contributed by atoms with van der Waals surface area (Å²) in [4.78, 5) is 18.3. The van der Waals surface area contributed by atoms with Gasteiger partial charge in [0.05, 0.1) is 19.0 Å². The summed E-state index contributed by atoms with van der Waals surface area (Å²) < 4.78 is 5.16. The molecule has 0 aliphatic carbocycles. The lowest BCUT2D eigenvalue weighted by molar-refractivity contribution is -0.139. The summed E-state index contributed by atoms with van der Waals surface area (Å²) in [6.45, 7) is 1.83. The highest BCUT2D eigenvalue weighted by atomic mass is 16.5. The Bertz CT molecular complexity index is 578. The Balaban J connectivity index is 2.32. The van der Waals surface area contributed by atoms with Crippen LogP contribution in [0, 0.1) is 0 Å². The van der Waals surface area contributed by atoms with Crippen LogP contribution in [0.4, 0.5) is 0 Å². The first-order valence-corrected chi connectivity index (χ1v) is 6.07. The van der Waals surface area contributed by atoms with Crippen LogP contribution in [0.25, 0.3) is 11.3 Å². The van der Waals surface area contributed by atoms with Crippen LogP contribution < -0.4 is 4.74 Å². The van der Waals surface area contributed by atoms with E-state index in [1.54, 1.807) is 13.3 Å². The maximum atomic E-state index is 11.1. The molecule has 1 heterocycles. The highest BCUT2D eigenvalue weighted by molar-refractivity contribution is 5.75. The lowest BCUT2D eigenvalue weighted by Crippen LogP contribution is -2.11. The molecule has 0 radical (unpaired) electrons. The first-order chi connectivity index (χ1) is 9.15. The first-order valence-electron chi connectivity index (χ1n) is 6.07. The van der Waals surface area contributed by atoms with E-state index in [0.29, 0.717) is 12.2 Å². The van der Waals surface area contributed by atoms with Gasteiger partial charge in [-0.15, -0.1) is 0 Å². The van der Waals surface area contributed by atoms with E-state index < -0.39 is 11.9 Å². The van der Waals surface area contributed by atoms with Crippen molar-refractivity contribution in [3.05, 3.63) is 36.3 Å². The van der Waals surface area contributed by atoms with E-state index in [4.69, 9.17) is 9.84 Å². The summed E-state index contributed by atoms with van der Waals surface area (Å²) in [6, 6.07) is 7.52. The molecule has 2 N–H and O–H groups in total. The third kappa shape index (κ3) is 2.76. The third-order valence-electron chi connectivity index (χ3n) is 3.01. The molecular weight excluding hydrogens is 244 g/mol. The Morgan fingerprint density at radius 1 is 1.53 bits per heavy atom. The van der Waals surface area contributed by atoms with Crippen LogP contribution in [0.15, 0.2) is 30.5 Å². The predicted octanol–water partition coefficient (Wildman–Crippen LogP) is 2.66. The zero-order valence-electron chi connectivity index (χ0n) is 10.9. The maximum absolute atomic E-state index is 11.1. The second-order valence-electron chi connectivity index (χ2n) is 4.21. The molecule has 1 aromatic carbocycles. The number of imidazole rings is 1. The SMILES string of the molecule is CCC(C(=O)O)c1ncc(-c2cccc(OC)c2)[nH]1. The van der Waals surface area contributed by atoms with E-state index in [2.05, 4.69) is 9.97 Å². The molecule has 0 aliphatic rings. The minimum absolute atomic E-state index is 0.479. The summed E-state index contributed by atoms with van der Waals surface area (Å²) in [6.07, 6.45) is 2.15. The van der Waals surface area contributed by atoms with Crippen molar-refractivity contribution in [1.82, 2.24) is 9.97 Å². The van der Waals surface area contributed by atoms with Gasteiger partial charge in [-0.3, -0.25) is 4.79 Å². The van der Waals surface area contributed by atoms with E-state index in [1.165, 1.54) is 0 Å². The number of hydrogen-bond donors (Lipinski definition) is 2. The molecule has 0 saturated carbocycles. The van der Waals surface area contributed by atoms with Gasteiger partial charge in [0, 0.05) is 5.56 Å². The minimum Gasteiger partial charge on any atom is -0.497 e. The van der Waals surface area contributed by atoms with E-state index in [0.717, 1.165) is 17.0 Å². The molecule has 1 unspecified atom stereocenters. The lowest BCUT2D eigenvalue weighted by atomic mass is 10.1. The van der Waals surface area contributed by atoms with Gasteiger partial charge in [0.2, 0.25) is 0 Å². The number of benzene rings is 1. The highest BCUT2D eigenvalue weighted by Crippen LogP contribution is 2.24. The largest absolute Gasteiger partial charge is 0.497 e. The van der Waals surface area contributed by atoms with Gasteiger partial charge >= 0.3 is 5.97 Å². The molecule has 0 fully saturated rings. The van der Waals surface area contributed by atoms with E-state index in [1.807, 2.05) is 31.2 Å². The summed E-state index contributed by atoms with van der Waals surface area (Å²) in [7, 11) is 1.61. The number of ether oxygens (including phenoxy) is 1. The van der Waals surface area contributed by atoms with E-state index in [-0.39, 0.29) is 0 Å². The number of aromatic amines is 1. The number of carboxylic acids is 1. The smallest absolute Gasteiger partial charge is 0.314 e. The highest BCUT2D eigenvalue weighted by Gasteiger charge is 2.20. The molecule has 19 heavy (non-hydrogen) atoms. The van der Waals surface area contributed by atoms with Crippen molar-refractivity contribution in [2.24, 2.45) is 0 Å². The van der Waals surface area contributed by atoms with Crippen LogP contribution in [0.1, 0.15) is 25.1 Å². The second-order valence-corrected chi connectivity index (χ2v) is 4.21. The quantitative estimate of drug-likeness (QED) is 0.866. The van der Waals surface area contributed by atoms with Gasteiger partial charge in [-0.25, -0.2) is 4.98 Å². The summed E-state index contributed by atoms with van der Waals surface area (Å²) in [5, 5.41) is 9.11. The molecule has 2 aromatic rings. The van der Waals surface area contributed by atoms with Crippen molar-refractivity contribution < 1.29 is 14.6 Å². The lowest BCUT2D eigenvalue weighted by Gasteiger charge is -2.05. The van der Waals surface area contributed by atoms with E-state index in [9.17, 15) is 4.79 Å². The van der Waals surface area contributed by atoms with Crippen molar-refractivity contribution in [2.75, 3.05) is 7.11 Å². The van der Waals surface area contributed by atoms with Gasteiger partial charge < -0.3 is 14.8 Å². The molecular formula is C14H16N2O3. The van der Waals surface area contributed by atoms with Gasteiger partial charge in [-0.05, 0) is 18.6 Å². The monoisotopic (exact) mass is 260 g/mol. The number of carboxylic acid groups (broad SMARTS) is 1. The number of hydrogen-bond acceptors (Lipinski definition) is 3. The minimum atomic E-state index is -0.867. The van der Waals surface area contributed by atoms with Crippen LogP contribution in [0.5, 0.6) is 5.75 Å². The van der Waals surface area contributed by atoms with E-state index >= 15 is 0 Å². The fourth-order valence-corrected chi connectivity index (χ4v) is 1.94. The molecule has 2 rings (SSSR count). The molecule has 100 valence electrons. The Kier molecular flexibility index (Phi) is 3.85. The number of nitrogens with zero attached hydrogens (tertiary/aromatic N) is 1. The molecule has 1 aromatic heterocycles. The molecule has 5 heteroatoms. The first kappa shape index (κ1) is 13.1. The summed E-state index contributed by atoms with van der Waals surface area (Å²) in [5.41, 5.74) is 1.70. The van der Waals surface area contributed by atoms with Gasteiger partial charge in [0.15, 0.2) is 0 Å². The van der Waals surface area contributed by atoms with Gasteiger partial charge in [-0.1, -0.05) is 19.1 Å². The van der Waals surface area contributed by atoms with Crippen LogP contribution in [-0.2, 0) is 4.79 Å². The van der Waals surface area contributed by atoms with Gasteiger partial charge in [0.1, 0.15) is 17.5 Å². The Morgan fingerprint density at radius 2 is 2.32 bits per heavy atom. The number of aliphatic carboxylic acids is 1. The molecule has 0 bridgehead atoms. The van der Waals surface area contributed by atoms with Crippen LogP contribution >= 0.6 is 0 Å². The molecule has 1 atom stereocenters. The fourth-order valence-electron chi connectivity index (χ4n) is 1.94. The number of nitrogens with one attached hydrogen (secondary N) is 1. The second kappa shape index (κ2) is 5.56. The maximum Gasteiger partial charge on any atom is 0.314 e. The fraction of sp³-hybridized carbons (Fsp3) is 0.286. The normalized spacial score (nSPS) is 12.1. The molecule has 0 saturated heterocycles. The Morgan fingerprint density at radius 3 is 2.95 bits per heavy atom. The van der Waals surface area contributed by atoms with Crippen molar-refractivity contribution >= 4 is 5.97 Å². The third-order valence-corrected chi connectivity index (χ3v) is 3.01. The Labute approximate surface area is 111 Å². The number of rotatable bonds is 5. The molecule has 0 aliphatic heterocycles. The van der Waals surface area contributed by atoms with Crippen molar-refractivity contribution in [1.29, 1.82) is 0 Å². The topological polar surface area (TPSA) is 75.2 Å². The number of H-pyrrole nitrogens is 1. The van der Waals surface area contributed by atoms with Crippen molar-refractivity contribution in [3.63, 3.8) is 0 Å². The molecule has 5 nitrogen and oxygen atoms in total. The number of aromatic nitrogens is 2. The van der Waals surface area contributed by atoms with Gasteiger partial charge in [-0.2, -0.15) is 0 Å². The average molecular weight is 260 g/mol. The van der Waals surface area contributed by atoms with Crippen molar-refractivity contribution in [2.45, 2.75) is 19.3 Å². The predicted molar refractivity (Wildman–Crippen MR) is 71.2 cm³/mol. The molecule has 0 amide bonds. The number of methoxy groups -OCH3 is 1. The van der Waals surface area contributed by atoms with Crippen LogP contribution in [0.2, 0.25) is 0 Å². The summed E-state index contributed by atoms with van der Waals surface area (Å²) in [5.74, 6) is -0.236. The zero-order chi connectivity index (χ0) is 13.8. The van der Waals surface area contributed by atoms with Crippen molar-refractivity contribution in [3.8, 4) is 17.0 Å². The summed E-state index contributed by atoms with van der Waals surface area (Å²) >= 11 is 0.